The van der Waals surface area contributed by atoms with Gasteiger partial charge in [-0.1, -0.05) is 13.8 Å². The van der Waals surface area contributed by atoms with Gasteiger partial charge in [0.15, 0.2) is 0 Å². The third-order valence-corrected chi connectivity index (χ3v) is 2.15. The summed E-state index contributed by atoms with van der Waals surface area (Å²) < 4.78 is 11.8. The molecule has 0 heterocycles. The van der Waals surface area contributed by atoms with Gasteiger partial charge in [-0.05, 0) is 31.6 Å². The summed E-state index contributed by atoms with van der Waals surface area (Å²) in [4.78, 5) is 0. The van der Waals surface area contributed by atoms with E-state index in [0.717, 1.165) is 6.42 Å². The molecule has 2 atom stereocenters. The van der Waals surface area contributed by atoms with Crippen LogP contribution in [0.5, 0.6) is 0 Å². The van der Waals surface area contributed by atoms with E-state index in [2.05, 4.69) is 13.8 Å². The first-order chi connectivity index (χ1) is 5.09. The lowest BCUT2D eigenvalue weighted by atomic mass is 9.87. The second-order valence-corrected chi connectivity index (χ2v) is 3.48. The molecule has 0 radical (unpaired) electrons. The Labute approximate surface area is 68.6 Å². The van der Waals surface area contributed by atoms with Gasteiger partial charge in [0.25, 0.3) is 0 Å². The first kappa shape index (κ1) is 10.9. The Morgan fingerprint density at radius 1 is 1.27 bits per heavy atom. The molecule has 11 heavy (non-hydrogen) atoms. The third-order valence-electron chi connectivity index (χ3n) is 2.15. The highest BCUT2D eigenvalue weighted by atomic mass is 19.1. The van der Waals surface area contributed by atoms with Gasteiger partial charge < -0.3 is 5.11 Å². The van der Waals surface area contributed by atoms with E-state index in [1.807, 2.05) is 0 Å². The molecule has 0 aromatic heterocycles. The van der Waals surface area contributed by atoms with E-state index in [0.29, 0.717) is 12.3 Å². The number of hydrogen-bond donors (Lipinski definition) is 1. The Bertz CT molecular complexity index is 83.6. The van der Waals surface area contributed by atoms with Gasteiger partial charge in [0, 0.05) is 0 Å². The predicted molar refractivity (Wildman–Crippen MR) is 45.2 cm³/mol. The van der Waals surface area contributed by atoms with Crippen LogP contribution in [0.1, 0.15) is 33.6 Å². The second kappa shape index (κ2) is 5.53. The first-order valence-electron chi connectivity index (χ1n) is 4.33. The summed E-state index contributed by atoms with van der Waals surface area (Å²) in [6.07, 6.45) is 1.07. The largest absolute Gasteiger partial charge is 0.393 e. The van der Waals surface area contributed by atoms with Gasteiger partial charge >= 0.3 is 0 Å². The summed E-state index contributed by atoms with van der Waals surface area (Å²) in [5.41, 5.74) is 0. The molecule has 0 spiro atoms. The minimum Gasteiger partial charge on any atom is -0.393 e. The normalized spacial score (nSPS) is 16.9. The maximum atomic E-state index is 11.8. The quantitative estimate of drug-likeness (QED) is 0.658. The van der Waals surface area contributed by atoms with Crippen LogP contribution in [0.3, 0.4) is 0 Å². The Kier molecular flexibility index (Phi) is 5.47. The molecule has 1 nitrogen and oxygen atoms in total. The number of halogens is 1. The summed E-state index contributed by atoms with van der Waals surface area (Å²) in [6.45, 7) is 5.64. The molecule has 0 saturated carbocycles. The maximum absolute atomic E-state index is 11.8. The molecule has 2 heteroatoms. The van der Waals surface area contributed by atoms with Crippen LogP contribution in [0.2, 0.25) is 0 Å². The molecule has 0 rings (SSSR count). The van der Waals surface area contributed by atoms with Crippen molar-refractivity contribution in [3.8, 4) is 0 Å². The van der Waals surface area contributed by atoms with Crippen molar-refractivity contribution in [3.63, 3.8) is 0 Å². The van der Waals surface area contributed by atoms with Gasteiger partial charge in [0.1, 0.15) is 0 Å². The lowest BCUT2D eigenvalue weighted by Crippen LogP contribution is -2.22. The highest BCUT2D eigenvalue weighted by molar-refractivity contribution is 4.68. The smallest absolute Gasteiger partial charge is 0.0894 e. The second-order valence-electron chi connectivity index (χ2n) is 3.48. The van der Waals surface area contributed by atoms with Crippen LogP contribution >= 0.6 is 0 Å². The van der Waals surface area contributed by atoms with Gasteiger partial charge in [-0.25, -0.2) is 0 Å². The third kappa shape index (κ3) is 4.35. The van der Waals surface area contributed by atoms with Crippen molar-refractivity contribution < 1.29 is 9.50 Å². The SMILES string of the molecule is CC(C)C(CCCF)C(C)O. The van der Waals surface area contributed by atoms with E-state index in [1.165, 1.54) is 0 Å². The van der Waals surface area contributed by atoms with Crippen LogP contribution in [-0.4, -0.2) is 17.9 Å². The van der Waals surface area contributed by atoms with Crippen LogP contribution in [0.4, 0.5) is 4.39 Å². The molecule has 68 valence electrons. The Morgan fingerprint density at radius 2 is 1.82 bits per heavy atom. The summed E-state index contributed by atoms with van der Waals surface area (Å²) in [6, 6.07) is 0. The topological polar surface area (TPSA) is 20.2 Å². The van der Waals surface area contributed by atoms with Crippen LogP contribution in [0.15, 0.2) is 0 Å². The van der Waals surface area contributed by atoms with Crippen molar-refractivity contribution in [1.82, 2.24) is 0 Å². The molecule has 0 aromatic rings. The molecule has 0 aliphatic rings. The number of aliphatic hydroxyl groups excluding tert-OH is 1. The first-order valence-corrected chi connectivity index (χ1v) is 4.33. The average molecular weight is 162 g/mol. The summed E-state index contributed by atoms with van der Waals surface area (Å²) in [5.74, 6) is 0.701. The fraction of sp³-hybridized carbons (Fsp3) is 1.00. The number of aliphatic hydroxyl groups is 1. The molecule has 0 aliphatic heterocycles. The van der Waals surface area contributed by atoms with E-state index in [9.17, 15) is 9.50 Å². The Hall–Kier alpha value is -0.110. The van der Waals surface area contributed by atoms with Crippen molar-refractivity contribution in [3.05, 3.63) is 0 Å². The molecule has 0 saturated heterocycles. The molecule has 0 fully saturated rings. The van der Waals surface area contributed by atoms with Crippen molar-refractivity contribution in [1.29, 1.82) is 0 Å². The highest BCUT2D eigenvalue weighted by Gasteiger charge is 2.17. The van der Waals surface area contributed by atoms with Gasteiger partial charge in [-0.15, -0.1) is 0 Å². The number of rotatable bonds is 5. The molecule has 2 unspecified atom stereocenters. The zero-order valence-corrected chi connectivity index (χ0v) is 7.68. The fourth-order valence-electron chi connectivity index (χ4n) is 1.44. The van der Waals surface area contributed by atoms with E-state index < -0.39 is 0 Å². The molecule has 1 N–H and O–H groups in total. The van der Waals surface area contributed by atoms with Gasteiger partial charge in [-0.2, -0.15) is 0 Å². The van der Waals surface area contributed by atoms with Crippen molar-refractivity contribution in [2.75, 3.05) is 6.67 Å². The van der Waals surface area contributed by atoms with Crippen LogP contribution in [0, 0.1) is 11.8 Å². The van der Waals surface area contributed by atoms with Crippen molar-refractivity contribution >= 4 is 0 Å². The predicted octanol–water partition coefficient (Wildman–Crippen LogP) is 2.39. The van der Waals surface area contributed by atoms with Crippen LogP contribution in [0.25, 0.3) is 0 Å². The van der Waals surface area contributed by atoms with Gasteiger partial charge in [-0.3, -0.25) is 4.39 Å². The van der Waals surface area contributed by atoms with Gasteiger partial charge in [0.05, 0.1) is 12.8 Å². The highest BCUT2D eigenvalue weighted by Crippen LogP contribution is 2.20. The maximum Gasteiger partial charge on any atom is 0.0894 e. The van der Waals surface area contributed by atoms with Crippen LogP contribution in [-0.2, 0) is 0 Å². The minimum absolute atomic E-state index is 0.255. The summed E-state index contributed by atoms with van der Waals surface area (Å²) >= 11 is 0. The fourth-order valence-corrected chi connectivity index (χ4v) is 1.44. The van der Waals surface area contributed by atoms with E-state index in [1.54, 1.807) is 6.92 Å². The molecular formula is C9H19FO. The van der Waals surface area contributed by atoms with Crippen molar-refractivity contribution in [2.24, 2.45) is 11.8 Å². The molecule has 0 aliphatic carbocycles. The Balaban J connectivity index is 3.70. The van der Waals surface area contributed by atoms with Crippen molar-refractivity contribution in [2.45, 2.75) is 39.7 Å². The molecule has 0 bridgehead atoms. The zero-order chi connectivity index (χ0) is 8.85. The minimum atomic E-state index is -0.304. The summed E-state index contributed by atoms with van der Waals surface area (Å²) in [7, 11) is 0. The Morgan fingerprint density at radius 3 is 2.09 bits per heavy atom. The number of alkyl halides is 1. The number of hydrogen-bond acceptors (Lipinski definition) is 1. The molecular weight excluding hydrogens is 143 g/mol. The average Bonchev–Trinajstić information content (AvgIpc) is 1.87. The standard InChI is InChI=1S/C9H19FO/c1-7(2)9(8(3)11)5-4-6-10/h7-9,11H,4-6H2,1-3H3. The zero-order valence-electron chi connectivity index (χ0n) is 7.68. The monoisotopic (exact) mass is 162 g/mol. The van der Waals surface area contributed by atoms with Crippen LogP contribution < -0.4 is 0 Å². The molecule has 0 aromatic carbocycles. The lowest BCUT2D eigenvalue weighted by molar-refractivity contribution is 0.0892. The van der Waals surface area contributed by atoms with E-state index >= 15 is 0 Å². The summed E-state index contributed by atoms with van der Waals surface area (Å²) in [5, 5.41) is 9.29. The molecule has 0 amide bonds. The van der Waals surface area contributed by atoms with E-state index in [-0.39, 0.29) is 18.7 Å². The van der Waals surface area contributed by atoms with E-state index in [4.69, 9.17) is 0 Å². The lowest BCUT2D eigenvalue weighted by Gasteiger charge is -2.22. The van der Waals surface area contributed by atoms with Gasteiger partial charge in [0.2, 0.25) is 0 Å².